The maximum Gasteiger partial charge on any atom is 0.0140 e. The summed E-state index contributed by atoms with van der Waals surface area (Å²) >= 11 is 2.32. The summed E-state index contributed by atoms with van der Waals surface area (Å²) in [5, 5.41) is 1.05. The van der Waals surface area contributed by atoms with Gasteiger partial charge in [0.15, 0.2) is 0 Å². The van der Waals surface area contributed by atoms with Crippen LogP contribution >= 0.6 is 11.8 Å². The molecule has 0 aromatic heterocycles. The normalized spacial score (nSPS) is 60.3. The molecule has 0 radical (unpaired) electrons. The molecule has 62 valence electrons. The summed E-state index contributed by atoms with van der Waals surface area (Å²) in [6.07, 6.45) is 7.72. The zero-order chi connectivity index (χ0) is 7.47. The molecular weight excluding hydrogens is 152 g/mol. The second-order valence-electron chi connectivity index (χ2n) is 4.93. The van der Waals surface area contributed by atoms with Crippen molar-refractivity contribution in [3.63, 3.8) is 0 Å². The van der Waals surface area contributed by atoms with Crippen LogP contribution in [-0.4, -0.2) is 10.00 Å². The Morgan fingerprint density at radius 2 is 2.00 bits per heavy atom. The first-order chi connectivity index (χ1) is 5.25. The van der Waals surface area contributed by atoms with Gasteiger partial charge in [0.25, 0.3) is 0 Å². The fraction of sp³-hybridized carbons (Fsp3) is 1.00. The van der Waals surface area contributed by atoms with Crippen molar-refractivity contribution >= 4 is 11.8 Å². The van der Waals surface area contributed by atoms with Crippen molar-refractivity contribution < 1.29 is 0 Å². The van der Waals surface area contributed by atoms with Crippen molar-refractivity contribution in [2.45, 2.75) is 49.0 Å². The first-order valence-electron chi connectivity index (χ1n) is 4.93. The zero-order valence-corrected chi connectivity index (χ0v) is 7.99. The van der Waals surface area contributed by atoms with Crippen molar-refractivity contribution in [1.82, 2.24) is 0 Å². The van der Waals surface area contributed by atoms with Gasteiger partial charge >= 0.3 is 0 Å². The van der Waals surface area contributed by atoms with Crippen LogP contribution in [0.5, 0.6) is 0 Å². The van der Waals surface area contributed by atoms with E-state index in [4.69, 9.17) is 0 Å². The largest absolute Gasteiger partial charge is 0.152 e. The van der Waals surface area contributed by atoms with Gasteiger partial charge in [0.05, 0.1) is 0 Å². The van der Waals surface area contributed by atoms with E-state index in [9.17, 15) is 0 Å². The summed E-state index contributed by atoms with van der Waals surface area (Å²) in [6.45, 7) is 2.48. The van der Waals surface area contributed by atoms with E-state index < -0.39 is 0 Å². The Labute approximate surface area is 73.1 Å². The molecule has 0 N–H and O–H groups in total. The van der Waals surface area contributed by atoms with Crippen molar-refractivity contribution in [3.8, 4) is 0 Å². The molecule has 4 fully saturated rings. The molecule has 2 saturated carbocycles. The summed E-state index contributed by atoms with van der Waals surface area (Å²) in [7, 11) is 0. The maximum absolute atomic E-state index is 2.48. The topological polar surface area (TPSA) is 0 Å². The van der Waals surface area contributed by atoms with Gasteiger partial charge in [-0.15, -0.1) is 0 Å². The molecule has 4 rings (SSSR count). The summed E-state index contributed by atoms with van der Waals surface area (Å²) in [4.78, 5) is 0. The number of hydrogen-bond donors (Lipinski definition) is 0. The molecule has 0 spiro atoms. The highest BCUT2D eigenvalue weighted by molar-refractivity contribution is 8.01. The standard InChI is InChI=1S/C10H16S/c1-10-5-8(6-10)7-2-3-9(4-7)11-10/h7-9H,2-6H2,1H3. The molecule has 2 atom stereocenters. The molecule has 4 bridgehead atoms. The molecular formula is C10H16S. The Morgan fingerprint density at radius 1 is 1.18 bits per heavy atom. The second kappa shape index (κ2) is 1.99. The Morgan fingerprint density at radius 3 is 2.82 bits per heavy atom. The van der Waals surface area contributed by atoms with Crippen LogP contribution in [0.2, 0.25) is 0 Å². The van der Waals surface area contributed by atoms with E-state index in [0.717, 1.165) is 21.8 Å². The quantitative estimate of drug-likeness (QED) is 0.535. The molecule has 0 aromatic carbocycles. The van der Waals surface area contributed by atoms with Crippen LogP contribution < -0.4 is 0 Å². The fourth-order valence-corrected chi connectivity index (χ4v) is 5.41. The first kappa shape index (κ1) is 6.82. The van der Waals surface area contributed by atoms with Crippen LogP contribution in [0.3, 0.4) is 0 Å². The first-order valence-corrected chi connectivity index (χ1v) is 5.81. The highest BCUT2D eigenvalue weighted by Gasteiger charge is 2.51. The second-order valence-corrected chi connectivity index (χ2v) is 6.82. The van der Waals surface area contributed by atoms with Crippen molar-refractivity contribution in [3.05, 3.63) is 0 Å². The van der Waals surface area contributed by atoms with Gasteiger partial charge in [-0.05, 0) is 43.9 Å². The molecule has 2 aliphatic heterocycles. The predicted molar refractivity (Wildman–Crippen MR) is 49.8 cm³/mol. The third kappa shape index (κ3) is 0.898. The predicted octanol–water partition coefficient (Wildman–Crippen LogP) is 3.07. The molecule has 2 saturated heterocycles. The highest BCUT2D eigenvalue weighted by atomic mass is 32.2. The monoisotopic (exact) mass is 168 g/mol. The van der Waals surface area contributed by atoms with Crippen molar-refractivity contribution in [2.75, 3.05) is 0 Å². The summed E-state index contributed by atoms with van der Waals surface area (Å²) in [5.74, 6) is 2.28. The Hall–Kier alpha value is 0.350. The molecule has 2 unspecified atom stereocenters. The third-order valence-corrected chi connectivity index (χ3v) is 5.59. The smallest absolute Gasteiger partial charge is 0.0140 e. The summed E-state index contributed by atoms with van der Waals surface area (Å²) in [6, 6.07) is 0. The highest BCUT2D eigenvalue weighted by Crippen LogP contribution is 2.61. The van der Waals surface area contributed by atoms with Gasteiger partial charge in [-0.25, -0.2) is 0 Å². The lowest BCUT2D eigenvalue weighted by Crippen LogP contribution is -2.40. The Bertz CT molecular complexity index is 181. The van der Waals surface area contributed by atoms with Gasteiger partial charge in [0.1, 0.15) is 0 Å². The van der Waals surface area contributed by atoms with Crippen LogP contribution in [0.25, 0.3) is 0 Å². The zero-order valence-electron chi connectivity index (χ0n) is 7.18. The van der Waals surface area contributed by atoms with E-state index in [1.165, 1.54) is 6.42 Å². The lowest BCUT2D eigenvalue weighted by molar-refractivity contribution is 0.170. The van der Waals surface area contributed by atoms with Gasteiger partial charge in [0.2, 0.25) is 0 Å². The molecule has 1 heteroatoms. The van der Waals surface area contributed by atoms with E-state index in [0.29, 0.717) is 0 Å². The molecule has 2 aliphatic carbocycles. The molecule has 11 heavy (non-hydrogen) atoms. The van der Waals surface area contributed by atoms with Crippen LogP contribution in [0.15, 0.2) is 0 Å². The van der Waals surface area contributed by atoms with Gasteiger partial charge in [-0.2, -0.15) is 11.8 Å². The number of hydrogen-bond acceptors (Lipinski definition) is 1. The summed E-state index contributed by atoms with van der Waals surface area (Å²) in [5.41, 5.74) is 0. The van der Waals surface area contributed by atoms with Gasteiger partial charge < -0.3 is 0 Å². The average Bonchev–Trinajstić information content (AvgIpc) is 2.18. The van der Waals surface area contributed by atoms with E-state index >= 15 is 0 Å². The van der Waals surface area contributed by atoms with Crippen LogP contribution in [0.4, 0.5) is 0 Å². The third-order valence-electron chi connectivity index (χ3n) is 3.93. The Balaban J connectivity index is 1.88. The lowest BCUT2D eigenvalue weighted by Gasteiger charge is -2.46. The maximum atomic E-state index is 2.48. The van der Waals surface area contributed by atoms with E-state index in [2.05, 4.69) is 18.7 Å². The van der Waals surface area contributed by atoms with Crippen LogP contribution in [0.1, 0.15) is 39.0 Å². The van der Waals surface area contributed by atoms with Crippen LogP contribution in [0, 0.1) is 11.8 Å². The van der Waals surface area contributed by atoms with Gasteiger partial charge in [-0.1, -0.05) is 6.92 Å². The molecule has 0 amide bonds. The molecule has 0 aromatic rings. The number of thioether (sulfide) groups is 1. The fourth-order valence-electron chi connectivity index (χ4n) is 3.39. The van der Waals surface area contributed by atoms with Crippen molar-refractivity contribution in [2.24, 2.45) is 11.8 Å². The van der Waals surface area contributed by atoms with E-state index in [1.54, 1.807) is 25.7 Å². The van der Waals surface area contributed by atoms with Gasteiger partial charge in [0, 0.05) is 10.00 Å². The molecule has 2 heterocycles. The average molecular weight is 168 g/mol. The SMILES string of the molecule is CC12CC(C1)C1CCC(C1)S2. The molecule has 0 nitrogen and oxygen atoms in total. The van der Waals surface area contributed by atoms with E-state index in [1.807, 2.05) is 0 Å². The summed E-state index contributed by atoms with van der Waals surface area (Å²) < 4.78 is 0.727. The minimum absolute atomic E-state index is 0.727. The van der Waals surface area contributed by atoms with Crippen molar-refractivity contribution in [1.29, 1.82) is 0 Å². The van der Waals surface area contributed by atoms with Crippen LogP contribution in [-0.2, 0) is 0 Å². The number of rotatable bonds is 0. The van der Waals surface area contributed by atoms with Gasteiger partial charge in [-0.3, -0.25) is 0 Å². The lowest BCUT2D eigenvalue weighted by atomic mass is 9.68. The molecule has 4 aliphatic rings. The Kier molecular flexibility index (Phi) is 1.23. The minimum atomic E-state index is 0.727. The van der Waals surface area contributed by atoms with E-state index in [-0.39, 0.29) is 0 Å². The minimum Gasteiger partial charge on any atom is -0.152 e.